The monoisotopic (exact) mass is 479 g/mol. The number of nitrogens with two attached hydrogens (primary N) is 3. The lowest BCUT2D eigenvalue weighted by Crippen LogP contribution is -2.18. The first-order valence-electron chi connectivity index (χ1n) is 10.9. The number of carbonyl (C=O) groups is 2. The van der Waals surface area contributed by atoms with Gasteiger partial charge >= 0.3 is 0 Å². The van der Waals surface area contributed by atoms with Crippen molar-refractivity contribution < 1.29 is 9.59 Å². The van der Waals surface area contributed by atoms with Crippen LogP contribution in [-0.4, -0.2) is 37.0 Å². The molecular weight excluding hydrogens is 458 g/mol. The van der Waals surface area contributed by atoms with Crippen LogP contribution < -0.4 is 22.5 Å². The van der Waals surface area contributed by atoms with Crippen LogP contribution in [0.5, 0.6) is 0 Å². The topological polar surface area (TPSA) is 192 Å². The van der Waals surface area contributed by atoms with Gasteiger partial charge in [0.2, 0.25) is 5.91 Å². The number of aryl methyl sites for hydroxylation is 1. The number of anilines is 3. The maximum Gasteiger partial charge on any atom is 0.269 e. The van der Waals surface area contributed by atoms with E-state index in [1.807, 2.05) is 19.1 Å². The molecule has 2 amide bonds. The van der Waals surface area contributed by atoms with Crippen molar-refractivity contribution >= 4 is 39.9 Å². The van der Waals surface area contributed by atoms with Crippen molar-refractivity contribution in [2.75, 3.05) is 11.1 Å². The highest BCUT2D eigenvalue weighted by molar-refractivity contribution is 6.04. The molecule has 0 unspecified atom stereocenters. The van der Waals surface area contributed by atoms with Crippen LogP contribution >= 0.6 is 0 Å². The van der Waals surface area contributed by atoms with Crippen LogP contribution in [0.4, 0.5) is 17.2 Å². The molecule has 2 aromatic carbocycles. The SMILES string of the molecule is Cc1ccc2[nH]ncc2c1-c1nc(-c2cccnc2Nc2cccc(C(N)=O)c2)nc(C(N)=O)c1N. The lowest BCUT2D eigenvalue weighted by molar-refractivity contribution is 0.0990. The van der Waals surface area contributed by atoms with E-state index in [0.717, 1.165) is 16.5 Å². The van der Waals surface area contributed by atoms with E-state index in [1.165, 1.54) is 0 Å². The first kappa shape index (κ1) is 22.5. The largest absolute Gasteiger partial charge is 0.395 e. The summed E-state index contributed by atoms with van der Waals surface area (Å²) in [7, 11) is 0. The van der Waals surface area contributed by atoms with Crippen LogP contribution in [0.15, 0.2) is 60.9 Å². The molecule has 0 saturated heterocycles. The normalized spacial score (nSPS) is 10.9. The van der Waals surface area contributed by atoms with Gasteiger partial charge in [-0.1, -0.05) is 12.1 Å². The number of rotatable bonds is 6. The Morgan fingerprint density at radius 3 is 2.61 bits per heavy atom. The Labute approximate surface area is 204 Å². The van der Waals surface area contributed by atoms with E-state index >= 15 is 0 Å². The number of benzene rings is 2. The summed E-state index contributed by atoms with van der Waals surface area (Å²) in [4.78, 5) is 37.5. The Morgan fingerprint density at radius 1 is 1.00 bits per heavy atom. The molecule has 0 radical (unpaired) electrons. The summed E-state index contributed by atoms with van der Waals surface area (Å²) in [5.74, 6) is -0.763. The van der Waals surface area contributed by atoms with Crippen LogP contribution in [0.25, 0.3) is 33.5 Å². The number of hydrogen-bond acceptors (Lipinski definition) is 8. The highest BCUT2D eigenvalue weighted by Gasteiger charge is 2.22. The minimum atomic E-state index is -0.790. The number of pyridine rings is 1. The Hall–Kier alpha value is -5.32. The molecule has 0 fully saturated rings. The third-order valence-electron chi connectivity index (χ3n) is 5.71. The number of hydrogen-bond donors (Lipinski definition) is 5. The number of amides is 2. The van der Waals surface area contributed by atoms with E-state index < -0.39 is 11.8 Å². The maximum atomic E-state index is 12.3. The summed E-state index contributed by atoms with van der Waals surface area (Å²) >= 11 is 0. The number of aromatic nitrogens is 5. The number of primary amides is 2. The van der Waals surface area contributed by atoms with Crippen molar-refractivity contribution in [3.8, 4) is 22.6 Å². The molecule has 0 atom stereocenters. The average Bonchev–Trinajstić information content (AvgIpc) is 3.34. The molecular formula is C25H21N9O2. The second-order valence-electron chi connectivity index (χ2n) is 8.08. The van der Waals surface area contributed by atoms with Crippen LogP contribution in [-0.2, 0) is 0 Å². The van der Waals surface area contributed by atoms with E-state index in [1.54, 1.807) is 48.8 Å². The summed E-state index contributed by atoms with van der Waals surface area (Å²) in [6, 6.07) is 13.9. The van der Waals surface area contributed by atoms with E-state index in [4.69, 9.17) is 22.2 Å². The smallest absolute Gasteiger partial charge is 0.269 e. The number of aromatic amines is 1. The van der Waals surface area contributed by atoms with Crippen molar-refractivity contribution in [1.82, 2.24) is 25.1 Å². The van der Waals surface area contributed by atoms with Gasteiger partial charge in [0.15, 0.2) is 11.5 Å². The van der Waals surface area contributed by atoms with Crippen LogP contribution in [0.3, 0.4) is 0 Å². The molecule has 3 heterocycles. The zero-order valence-electron chi connectivity index (χ0n) is 19.1. The van der Waals surface area contributed by atoms with Crippen molar-refractivity contribution in [3.63, 3.8) is 0 Å². The number of H-pyrrole nitrogens is 1. The van der Waals surface area contributed by atoms with Gasteiger partial charge in [-0.15, -0.1) is 0 Å². The molecule has 5 rings (SSSR count). The summed E-state index contributed by atoms with van der Waals surface area (Å²) < 4.78 is 0. The number of nitrogens with one attached hydrogen (secondary N) is 2. The minimum absolute atomic E-state index is 0.0654. The summed E-state index contributed by atoms with van der Waals surface area (Å²) in [5, 5.41) is 11.0. The predicted octanol–water partition coefficient (Wildman–Crippen LogP) is 2.91. The Bertz CT molecular complexity index is 1660. The fraction of sp³-hybridized carbons (Fsp3) is 0.0400. The third-order valence-corrected chi connectivity index (χ3v) is 5.71. The molecule has 5 aromatic rings. The summed E-state index contributed by atoms with van der Waals surface area (Å²) in [6.45, 7) is 1.91. The lowest BCUT2D eigenvalue weighted by Gasteiger charge is -2.15. The number of nitrogens with zero attached hydrogens (tertiary/aromatic N) is 4. The van der Waals surface area contributed by atoms with E-state index in [-0.39, 0.29) is 17.2 Å². The molecule has 178 valence electrons. The first-order chi connectivity index (χ1) is 17.3. The van der Waals surface area contributed by atoms with Gasteiger partial charge in [-0.05, 0) is 48.9 Å². The Morgan fingerprint density at radius 2 is 1.83 bits per heavy atom. The van der Waals surface area contributed by atoms with Gasteiger partial charge < -0.3 is 22.5 Å². The number of fused-ring (bicyclic) bond motifs is 1. The second kappa shape index (κ2) is 8.80. The van der Waals surface area contributed by atoms with Gasteiger partial charge in [0, 0.05) is 28.4 Å². The van der Waals surface area contributed by atoms with Crippen molar-refractivity contribution in [3.05, 3.63) is 77.7 Å². The van der Waals surface area contributed by atoms with Gasteiger partial charge in [-0.2, -0.15) is 5.10 Å². The van der Waals surface area contributed by atoms with E-state index in [9.17, 15) is 9.59 Å². The van der Waals surface area contributed by atoms with Gasteiger partial charge in [0.1, 0.15) is 5.82 Å². The molecule has 11 heteroatoms. The fourth-order valence-corrected chi connectivity index (χ4v) is 3.98. The van der Waals surface area contributed by atoms with Gasteiger partial charge in [-0.25, -0.2) is 15.0 Å². The van der Waals surface area contributed by atoms with Crippen LogP contribution in [0, 0.1) is 6.92 Å². The number of nitrogen functional groups attached to an aromatic ring is 1. The van der Waals surface area contributed by atoms with Gasteiger partial charge in [0.05, 0.1) is 28.7 Å². The highest BCUT2D eigenvalue weighted by atomic mass is 16.1. The van der Waals surface area contributed by atoms with Gasteiger partial charge in [-0.3, -0.25) is 14.7 Å². The third kappa shape index (κ3) is 3.94. The number of carbonyl (C=O) groups excluding carboxylic acids is 2. The molecule has 3 aromatic heterocycles. The molecule has 0 aliphatic rings. The molecule has 0 bridgehead atoms. The minimum Gasteiger partial charge on any atom is -0.395 e. The van der Waals surface area contributed by atoms with Crippen molar-refractivity contribution in [1.29, 1.82) is 0 Å². The zero-order valence-corrected chi connectivity index (χ0v) is 19.1. The highest BCUT2D eigenvalue weighted by Crippen LogP contribution is 2.36. The maximum absolute atomic E-state index is 12.3. The Kier molecular flexibility index (Phi) is 5.49. The Balaban J connectivity index is 1.70. The summed E-state index contributed by atoms with van der Waals surface area (Å²) in [6.07, 6.45) is 3.26. The molecule has 0 spiro atoms. The molecule has 8 N–H and O–H groups in total. The molecule has 0 saturated carbocycles. The average molecular weight is 480 g/mol. The van der Waals surface area contributed by atoms with Crippen molar-refractivity contribution in [2.45, 2.75) is 6.92 Å². The first-order valence-corrected chi connectivity index (χ1v) is 10.9. The predicted molar refractivity (Wildman–Crippen MR) is 136 cm³/mol. The standard InChI is InChI=1S/C25H21N9O2/c1-12-7-8-17-16(11-30-34-17)18(12)20-19(26)21(23(28)36)33-25(32-20)15-6-3-9-29-24(15)31-14-5-2-4-13(10-14)22(27)35/h2-11H,26H2,1H3,(H2,27,35)(H2,28,36)(H,29,31)(H,30,34). The fourth-order valence-electron chi connectivity index (χ4n) is 3.98. The van der Waals surface area contributed by atoms with Crippen LogP contribution in [0.1, 0.15) is 26.4 Å². The van der Waals surface area contributed by atoms with E-state index in [2.05, 4.69) is 25.5 Å². The van der Waals surface area contributed by atoms with Crippen LogP contribution in [0.2, 0.25) is 0 Å². The lowest BCUT2D eigenvalue weighted by atomic mass is 9.99. The molecule has 0 aliphatic carbocycles. The van der Waals surface area contributed by atoms with Crippen molar-refractivity contribution in [2.24, 2.45) is 11.5 Å². The molecule has 36 heavy (non-hydrogen) atoms. The van der Waals surface area contributed by atoms with Gasteiger partial charge in [0.25, 0.3) is 5.91 Å². The quantitative estimate of drug-likeness (QED) is 0.245. The second-order valence-corrected chi connectivity index (χ2v) is 8.08. The molecule has 11 nitrogen and oxygen atoms in total. The van der Waals surface area contributed by atoms with E-state index in [0.29, 0.717) is 33.9 Å². The zero-order chi connectivity index (χ0) is 25.4. The molecule has 0 aliphatic heterocycles. The summed E-state index contributed by atoms with van der Waals surface area (Å²) in [5.41, 5.74) is 21.5.